The van der Waals surface area contributed by atoms with E-state index in [1.165, 1.54) is 0 Å². The van der Waals surface area contributed by atoms with Crippen LogP contribution in [0.15, 0.2) is 66.7 Å². The Morgan fingerprint density at radius 2 is 1.69 bits per heavy atom. The third-order valence-corrected chi connectivity index (χ3v) is 10.3. The summed E-state index contributed by atoms with van der Waals surface area (Å²) in [4.78, 5) is 52.6. The van der Waals surface area contributed by atoms with Gasteiger partial charge in [-0.25, -0.2) is 9.59 Å². The van der Waals surface area contributed by atoms with Crippen LogP contribution in [0.1, 0.15) is 89.4 Å². The van der Waals surface area contributed by atoms with Crippen LogP contribution in [0.25, 0.3) is 10.8 Å². The van der Waals surface area contributed by atoms with E-state index in [0.29, 0.717) is 24.4 Å². The summed E-state index contributed by atoms with van der Waals surface area (Å²) in [5.41, 5.74) is -0.584. The van der Waals surface area contributed by atoms with E-state index in [1.807, 2.05) is 74.5 Å². The highest BCUT2D eigenvalue weighted by Gasteiger charge is 2.43. The van der Waals surface area contributed by atoms with E-state index in [1.54, 1.807) is 13.0 Å². The van der Waals surface area contributed by atoms with Crippen molar-refractivity contribution in [3.8, 4) is 0 Å². The highest BCUT2D eigenvalue weighted by molar-refractivity contribution is 6.30. The minimum Gasteiger partial charge on any atom is -0.480 e. The first kappa shape index (κ1) is 35.2. The summed E-state index contributed by atoms with van der Waals surface area (Å²) in [6, 6.07) is 20.0. The lowest BCUT2D eigenvalue weighted by atomic mass is 9.76. The van der Waals surface area contributed by atoms with Crippen molar-refractivity contribution in [1.82, 2.24) is 16.0 Å². The van der Waals surface area contributed by atoms with Gasteiger partial charge >= 0.3 is 12.1 Å². The predicted molar refractivity (Wildman–Crippen MR) is 186 cm³/mol. The number of aliphatic carboxylic acids is 1. The van der Waals surface area contributed by atoms with Gasteiger partial charge in [-0.2, -0.15) is 0 Å². The number of hydrogen-bond acceptors (Lipinski definition) is 5. The summed E-state index contributed by atoms with van der Waals surface area (Å²) in [6.07, 6.45) is 4.20. The summed E-state index contributed by atoms with van der Waals surface area (Å²) in [6.45, 7) is 6.07. The van der Waals surface area contributed by atoms with Crippen LogP contribution in [0, 0.1) is 11.8 Å². The molecule has 4 N–H and O–H groups in total. The first-order chi connectivity index (χ1) is 22.9. The van der Waals surface area contributed by atoms with E-state index < -0.39 is 47.0 Å². The lowest BCUT2D eigenvalue weighted by molar-refractivity contribution is -0.143. The van der Waals surface area contributed by atoms with Crippen molar-refractivity contribution >= 4 is 46.3 Å². The lowest BCUT2D eigenvalue weighted by Gasteiger charge is -2.38. The molecule has 5 rings (SSSR count). The van der Waals surface area contributed by atoms with Crippen LogP contribution in [0.5, 0.6) is 0 Å². The van der Waals surface area contributed by atoms with Gasteiger partial charge in [0, 0.05) is 22.9 Å². The molecular formula is C38H46ClN3O6. The van der Waals surface area contributed by atoms with Crippen LogP contribution in [-0.4, -0.2) is 47.1 Å². The second-order valence-electron chi connectivity index (χ2n) is 14.2. The number of hydrogen-bond donors (Lipinski definition) is 4. The Hall–Kier alpha value is -4.11. The van der Waals surface area contributed by atoms with E-state index in [-0.39, 0.29) is 18.2 Å². The Labute approximate surface area is 287 Å². The molecule has 0 spiro atoms. The zero-order valence-corrected chi connectivity index (χ0v) is 28.6. The van der Waals surface area contributed by atoms with E-state index in [2.05, 4.69) is 16.0 Å². The molecule has 10 heteroatoms. The number of carbonyl (C=O) groups is 4. The van der Waals surface area contributed by atoms with Crippen LogP contribution in [-0.2, 0) is 24.5 Å². The molecule has 3 aromatic carbocycles. The summed E-state index contributed by atoms with van der Waals surface area (Å²) in [5.74, 6) is -2.41. The maximum Gasteiger partial charge on any atom is 0.408 e. The van der Waals surface area contributed by atoms with Crippen LogP contribution in [0.2, 0.25) is 5.02 Å². The molecule has 0 aromatic heterocycles. The molecule has 1 saturated carbocycles. The SMILES string of the molecule is CC(C)(c1cccc(Cl)c1)C(OC(=O)N[C@](C)(CC1CCCCC1)C(=O)N[C@@H](C[C@@H]1CCNC1=O)C(=O)O)c1ccc2ccccc2c1. The minimum atomic E-state index is -1.47. The maximum atomic E-state index is 14.0. The number of amides is 3. The van der Waals surface area contributed by atoms with Gasteiger partial charge in [0.1, 0.15) is 17.7 Å². The molecule has 1 unspecified atom stereocenters. The molecule has 1 aliphatic carbocycles. The molecule has 0 radical (unpaired) electrons. The van der Waals surface area contributed by atoms with Crippen molar-refractivity contribution < 1.29 is 29.0 Å². The van der Waals surface area contributed by atoms with Gasteiger partial charge in [-0.3, -0.25) is 9.59 Å². The second kappa shape index (κ2) is 15.0. The first-order valence-electron chi connectivity index (χ1n) is 16.9. The standard InChI is InChI=1S/C38H46ClN3O6/c1-37(2,29-14-9-15-30(39)22-29)32(27-17-16-25-12-7-8-13-26(25)20-27)48-36(47)42-38(3,23-24-10-5-4-6-11-24)35(46)41-31(34(44)45)21-28-18-19-40-33(28)43/h7-9,12-17,20,22,24,28,31-32H,4-6,10-11,18-19,21,23H2,1-3H3,(H,40,43)(H,41,46)(H,42,47)(H,44,45)/t28-,31-,32?,38+/m0/s1. The van der Waals surface area contributed by atoms with E-state index >= 15 is 0 Å². The van der Waals surface area contributed by atoms with Crippen LogP contribution >= 0.6 is 11.6 Å². The third-order valence-electron chi connectivity index (χ3n) is 10.1. The van der Waals surface area contributed by atoms with Gasteiger partial charge in [0.05, 0.1) is 0 Å². The summed E-state index contributed by atoms with van der Waals surface area (Å²) < 4.78 is 6.31. The van der Waals surface area contributed by atoms with E-state index in [4.69, 9.17) is 16.3 Å². The molecule has 48 heavy (non-hydrogen) atoms. The van der Waals surface area contributed by atoms with Gasteiger partial charge in [-0.05, 0) is 72.2 Å². The number of carboxylic acids is 1. The van der Waals surface area contributed by atoms with Gasteiger partial charge in [0.2, 0.25) is 11.8 Å². The first-order valence-corrected chi connectivity index (χ1v) is 17.3. The van der Waals surface area contributed by atoms with Gasteiger partial charge < -0.3 is 25.8 Å². The van der Waals surface area contributed by atoms with Crippen molar-refractivity contribution in [2.75, 3.05) is 6.54 Å². The quantitative estimate of drug-likeness (QED) is 0.162. The fourth-order valence-corrected chi connectivity index (χ4v) is 7.46. The molecule has 1 heterocycles. The minimum absolute atomic E-state index is 0.0330. The Bertz CT molecular complexity index is 1650. The van der Waals surface area contributed by atoms with Gasteiger partial charge in [-0.1, -0.05) is 106 Å². The van der Waals surface area contributed by atoms with Gasteiger partial charge in [-0.15, -0.1) is 0 Å². The van der Waals surface area contributed by atoms with Crippen molar-refractivity contribution in [3.63, 3.8) is 0 Å². The fourth-order valence-electron chi connectivity index (χ4n) is 7.27. The number of alkyl carbamates (subject to hydrolysis) is 1. The topological polar surface area (TPSA) is 134 Å². The monoisotopic (exact) mass is 675 g/mol. The molecular weight excluding hydrogens is 630 g/mol. The highest BCUT2D eigenvalue weighted by atomic mass is 35.5. The molecule has 1 aliphatic heterocycles. The van der Waals surface area contributed by atoms with Crippen molar-refractivity contribution in [2.24, 2.45) is 11.8 Å². The number of benzene rings is 3. The fraction of sp³-hybridized carbons (Fsp3) is 0.474. The number of nitrogens with one attached hydrogen (secondary N) is 3. The molecule has 9 nitrogen and oxygen atoms in total. The number of carboxylic acid groups (broad SMARTS) is 1. The average Bonchev–Trinajstić information content (AvgIpc) is 3.47. The largest absolute Gasteiger partial charge is 0.480 e. The van der Waals surface area contributed by atoms with Crippen molar-refractivity contribution in [2.45, 2.75) is 95.2 Å². The molecule has 2 aliphatic rings. The zero-order valence-electron chi connectivity index (χ0n) is 27.9. The predicted octanol–water partition coefficient (Wildman–Crippen LogP) is 7.06. The van der Waals surface area contributed by atoms with Crippen molar-refractivity contribution in [1.29, 1.82) is 0 Å². The molecule has 0 bridgehead atoms. The van der Waals surface area contributed by atoms with Crippen LogP contribution < -0.4 is 16.0 Å². The molecule has 3 aromatic rings. The van der Waals surface area contributed by atoms with Gasteiger partial charge in [0.25, 0.3) is 0 Å². The summed E-state index contributed by atoms with van der Waals surface area (Å²) >= 11 is 6.40. The van der Waals surface area contributed by atoms with Crippen LogP contribution in [0.3, 0.4) is 0 Å². The average molecular weight is 676 g/mol. The number of fused-ring (bicyclic) bond motifs is 1. The Kier molecular flexibility index (Phi) is 11.0. The smallest absolute Gasteiger partial charge is 0.408 e. The number of ether oxygens (including phenoxy) is 1. The number of halogens is 1. The molecule has 3 amide bonds. The molecule has 4 atom stereocenters. The Balaban J connectivity index is 1.44. The number of carbonyl (C=O) groups excluding carboxylic acids is 3. The lowest BCUT2D eigenvalue weighted by Crippen LogP contribution is -2.60. The molecule has 2 fully saturated rings. The van der Waals surface area contributed by atoms with E-state index in [0.717, 1.165) is 54.0 Å². The molecule has 256 valence electrons. The number of rotatable bonds is 12. The highest BCUT2D eigenvalue weighted by Crippen LogP contribution is 2.41. The Morgan fingerprint density at radius 1 is 0.958 bits per heavy atom. The van der Waals surface area contributed by atoms with E-state index in [9.17, 15) is 24.3 Å². The second-order valence-corrected chi connectivity index (χ2v) is 14.6. The maximum absolute atomic E-state index is 14.0. The zero-order chi connectivity index (χ0) is 34.5. The normalized spacial score (nSPS) is 19.5. The summed E-state index contributed by atoms with van der Waals surface area (Å²) in [7, 11) is 0. The third kappa shape index (κ3) is 8.29. The van der Waals surface area contributed by atoms with Gasteiger partial charge in [0.15, 0.2) is 0 Å². The summed E-state index contributed by atoms with van der Waals surface area (Å²) in [5, 5.41) is 20.9. The van der Waals surface area contributed by atoms with Crippen LogP contribution in [0.4, 0.5) is 4.79 Å². The Morgan fingerprint density at radius 3 is 2.35 bits per heavy atom. The van der Waals surface area contributed by atoms with Crippen molar-refractivity contribution in [3.05, 3.63) is 82.9 Å². The molecule has 1 saturated heterocycles.